The smallest absolute Gasteiger partial charge is 0.337 e. The number of carboxylic acids is 1. The Bertz CT molecular complexity index is 542. The van der Waals surface area contributed by atoms with Crippen molar-refractivity contribution in [3.63, 3.8) is 0 Å². The summed E-state index contributed by atoms with van der Waals surface area (Å²) < 4.78 is 0. The topological polar surface area (TPSA) is 82.5 Å². The van der Waals surface area contributed by atoms with Crippen molar-refractivity contribution in [2.45, 2.75) is 19.8 Å². The first-order valence-corrected chi connectivity index (χ1v) is 7.23. The van der Waals surface area contributed by atoms with E-state index in [2.05, 4.69) is 15.2 Å². The molecule has 0 unspecified atom stereocenters. The molecule has 0 spiro atoms. The third kappa shape index (κ3) is 4.07. The molecule has 2 N–H and O–H groups in total. The first-order chi connectivity index (χ1) is 9.97. The molecular weight excluding hydrogens is 294 g/mol. The lowest BCUT2D eigenvalue weighted by Gasteiger charge is -2.33. The average Bonchev–Trinajstić information content (AvgIpc) is 2.45. The number of nitrogens with one attached hydrogen (secondary N) is 1. The summed E-state index contributed by atoms with van der Waals surface area (Å²) >= 11 is 6.12. The van der Waals surface area contributed by atoms with Crippen LogP contribution in [-0.2, 0) is 4.79 Å². The number of halogens is 1. The van der Waals surface area contributed by atoms with Crippen LogP contribution in [-0.4, -0.2) is 41.6 Å². The van der Waals surface area contributed by atoms with Gasteiger partial charge in [-0.2, -0.15) is 0 Å². The molecule has 114 valence electrons. The highest BCUT2D eigenvalue weighted by atomic mass is 35.5. The van der Waals surface area contributed by atoms with Gasteiger partial charge in [0.2, 0.25) is 5.91 Å². The summed E-state index contributed by atoms with van der Waals surface area (Å²) in [4.78, 5) is 28.0. The molecule has 1 aliphatic rings. The largest absolute Gasteiger partial charge is 0.478 e. The zero-order chi connectivity index (χ0) is 15.4. The number of carbonyl (C=O) groups excluding carboxylic acids is 1. The van der Waals surface area contributed by atoms with Gasteiger partial charge < -0.3 is 15.3 Å². The minimum absolute atomic E-state index is 0.00796. The Morgan fingerprint density at radius 3 is 2.67 bits per heavy atom. The average molecular weight is 312 g/mol. The van der Waals surface area contributed by atoms with E-state index in [9.17, 15) is 9.59 Å². The predicted molar refractivity (Wildman–Crippen MR) is 79.8 cm³/mol. The molecule has 0 saturated carbocycles. The predicted octanol–water partition coefficient (Wildman–Crippen LogP) is 1.79. The van der Waals surface area contributed by atoms with Gasteiger partial charge in [0.15, 0.2) is 0 Å². The zero-order valence-electron chi connectivity index (χ0n) is 11.8. The molecule has 2 heterocycles. The molecule has 1 fully saturated rings. The van der Waals surface area contributed by atoms with Crippen molar-refractivity contribution < 1.29 is 14.7 Å². The summed E-state index contributed by atoms with van der Waals surface area (Å²) in [6, 6.07) is 1.43. The molecule has 1 aromatic rings. The third-order valence-electron chi connectivity index (χ3n) is 3.62. The lowest BCUT2D eigenvalue weighted by molar-refractivity contribution is -0.119. The molecule has 1 aromatic heterocycles. The standard InChI is InChI=1S/C14H18ClN3O3/c1-9(19)16-7-10-2-4-18(5-3-10)13-12(15)6-11(8-17-13)14(20)21/h6,8,10H,2-5,7H2,1H3,(H,16,19)(H,20,21). The maximum Gasteiger partial charge on any atom is 0.337 e. The molecule has 1 aliphatic heterocycles. The molecule has 0 atom stereocenters. The Labute approximate surface area is 128 Å². The second-order valence-corrected chi connectivity index (χ2v) is 5.61. The number of carbonyl (C=O) groups is 2. The summed E-state index contributed by atoms with van der Waals surface area (Å²) in [5, 5.41) is 12.1. The van der Waals surface area contributed by atoms with Gasteiger partial charge in [0.05, 0.1) is 10.6 Å². The van der Waals surface area contributed by atoms with E-state index >= 15 is 0 Å². The Hall–Kier alpha value is -1.82. The van der Waals surface area contributed by atoms with Crippen LogP contribution in [0.4, 0.5) is 5.82 Å². The molecule has 0 radical (unpaired) electrons. The number of nitrogens with zero attached hydrogens (tertiary/aromatic N) is 2. The fraction of sp³-hybridized carbons (Fsp3) is 0.500. The van der Waals surface area contributed by atoms with E-state index in [0.29, 0.717) is 23.3 Å². The summed E-state index contributed by atoms with van der Waals surface area (Å²) in [5.74, 6) is 0.0400. The van der Waals surface area contributed by atoms with Gasteiger partial charge in [-0.1, -0.05) is 11.6 Å². The van der Waals surface area contributed by atoms with Crippen LogP contribution in [0.3, 0.4) is 0 Å². The van der Waals surface area contributed by atoms with Crippen molar-refractivity contribution >= 4 is 29.3 Å². The van der Waals surface area contributed by atoms with Crippen molar-refractivity contribution in [2.75, 3.05) is 24.5 Å². The molecule has 2 rings (SSSR count). The van der Waals surface area contributed by atoms with Gasteiger partial charge in [-0.15, -0.1) is 0 Å². The highest BCUT2D eigenvalue weighted by Crippen LogP contribution is 2.28. The summed E-state index contributed by atoms with van der Waals surface area (Å²) in [5.41, 5.74) is 0.0873. The molecule has 0 aromatic carbocycles. The van der Waals surface area contributed by atoms with Gasteiger partial charge in [0, 0.05) is 32.8 Å². The monoisotopic (exact) mass is 311 g/mol. The van der Waals surface area contributed by atoms with Crippen LogP contribution in [0.25, 0.3) is 0 Å². The van der Waals surface area contributed by atoms with Crippen LogP contribution in [0.2, 0.25) is 5.02 Å². The maximum absolute atomic E-state index is 10.9. The third-order valence-corrected chi connectivity index (χ3v) is 3.90. The highest BCUT2D eigenvalue weighted by Gasteiger charge is 2.22. The molecule has 6 nitrogen and oxygen atoms in total. The van der Waals surface area contributed by atoms with E-state index in [-0.39, 0.29) is 11.5 Å². The number of aromatic nitrogens is 1. The number of hydrogen-bond acceptors (Lipinski definition) is 4. The quantitative estimate of drug-likeness (QED) is 0.886. The first-order valence-electron chi connectivity index (χ1n) is 6.85. The van der Waals surface area contributed by atoms with E-state index in [4.69, 9.17) is 16.7 Å². The number of carboxylic acid groups (broad SMARTS) is 1. The number of hydrogen-bond donors (Lipinski definition) is 2. The van der Waals surface area contributed by atoms with E-state index in [1.54, 1.807) is 0 Å². The van der Waals surface area contributed by atoms with Gasteiger partial charge in [-0.05, 0) is 24.8 Å². The molecule has 7 heteroatoms. The van der Waals surface area contributed by atoms with Gasteiger partial charge in [-0.3, -0.25) is 4.79 Å². The van der Waals surface area contributed by atoms with Crippen LogP contribution in [0.1, 0.15) is 30.1 Å². The highest BCUT2D eigenvalue weighted by molar-refractivity contribution is 6.33. The van der Waals surface area contributed by atoms with E-state index in [0.717, 1.165) is 25.9 Å². The van der Waals surface area contributed by atoms with Crippen molar-refractivity contribution in [1.29, 1.82) is 0 Å². The van der Waals surface area contributed by atoms with E-state index in [1.807, 2.05) is 0 Å². The number of aromatic carboxylic acids is 1. The number of pyridine rings is 1. The molecular formula is C14H18ClN3O3. The van der Waals surface area contributed by atoms with Crippen molar-refractivity contribution in [1.82, 2.24) is 10.3 Å². The fourth-order valence-electron chi connectivity index (χ4n) is 2.42. The minimum atomic E-state index is -1.04. The minimum Gasteiger partial charge on any atom is -0.478 e. The van der Waals surface area contributed by atoms with E-state index < -0.39 is 5.97 Å². The Morgan fingerprint density at radius 2 is 2.14 bits per heavy atom. The van der Waals surface area contributed by atoms with Crippen LogP contribution >= 0.6 is 11.6 Å². The van der Waals surface area contributed by atoms with Gasteiger partial charge in [-0.25, -0.2) is 9.78 Å². The van der Waals surface area contributed by atoms with Crippen molar-refractivity contribution in [3.8, 4) is 0 Å². The Morgan fingerprint density at radius 1 is 1.48 bits per heavy atom. The normalized spacial score (nSPS) is 15.8. The summed E-state index contributed by atoms with van der Waals surface area (Å²) in [6.45, 7) is 3.80. The maximum atomic E-state index is 10.9. The first kappa shape index (κ1) is 15.6. The van der Waals surface area contributed by atoms with Crippen LogP contribution < -0.4 is 10.2 Å². The number of piperidine rings is 1. The molecule has 0 bridgehead atoms. The Kier molecular flexibility index (Phi) is 5.01. The van der Waals surface area contributed by atoms with Crippen molar-refractivity contribution in [3.05, 3.63) is 22.8 Å². The second-order valence-electron chi connectivity index (χ2n) is 5.20. The van der Waals surface area contributed by atoms with Crippen LogP contribution in [0, 0.1) is 5.92 Å². The zero-order valence-corrected chi connectivity index (χ0v) is 12.6. The summed E-state index contributed by atoms with van der Waals surface area (Å²) in [6.07, 6.45) is 3.21. The SMILES string of the molecule is CC(=O)NCC1CCN(c2ncc(C(=O)O)cc2Cl)CC1. The molecule has 1 saturated heterocycles. The van der Waals surface area contributed by atoms with Gasteiger partial charge in [0.1, 0.15) is 5.82 Å². The fourth-order valence-corrected chi connectivity index (χ4v) is 2.70. The lowest BCUT2D eigenvalue weighted by atomic mass is 9.97. The van der Waals surface area contributed by atoms with Crippen LogP contribution in [0.5, 0.6) is 0 Å². The number of amides is 1. The second kappa shape index (κ2) is 6.76. The molecule has 21 heavy (non-hydrogen) atoms. The molecule has 1 amide bonds. The van der Waals surface area contributed by atoms with E-state index in [1.165, 1.54) is 19.2 Å². The van der Waals surface area contributed by atoms with Gasteiger partial charge in [0.25, 0.3) is 0 Å². The Balaban J connectivity index is 1.96. The molecule has 0 aliphatic carbocycles. The van der Waals surface area contributed by atoms with Crippen LogP contribution in [0.15, 0.2) is 12.3 Å². The van der Waals surface area contributed by atoms with Gasteiger partial charge >= 0.3 is 5.97 Å². The number of anilines is 1. The lowest BCUT2D eigenvalue weighted by Crippen LogP contribution is -2.38. The summed E-state index contributed by atoms with van der Waals surface area (Å²) in [7, 11) is 0. The number of rotatable bonds is 4. The van der Waals surface area contributed by atoms with Crippen molar-refractivity contribution in [2.24, 2.45) is 5.92 Å².